The van der Waals surface area contributed by atoms with Crippen molar-refractivity contribution in [3.8, 4) is 0 Å². The standard InChI is InChI=1S/C18H38O3S/c1-3-5-6-7-8-9-10-11-12-13-14-15-16-17-18-21-22(19,20)4-2/h3-18H2,1-2H3. The maximum atomic E-state index is 11.1. The van der Waals surface area contributed by atoms with Crippen LogP contribution < -0.4 is 0 Å². The Balaban J connectivity index is 3.09. The molecule has 0 unspecified atom stereocenters. The molecule has 0 amide bonds. The zero-order valence-corrected chi connectivity index (χ0v) is 15.8. The second kappa shape index (κ2) is 15.8. The first-order chi connectivity index (χ1) is 10.6. The third kappa shape index (κ3) is 16.3. The molecule has 0 saturated carbocycles. The van der Waals surface area contributed by atoms with E-state index in [0.29, 0.717) is 6.61 Å². The molecule has 0 radical (unpaired) electrons. The van der Waals surface area contributed by atoms with E-state index >= 15 is 0 Å². The minimum Gasteiger partial charge on any atom is -0.270 e. The Kier molecular flexibility index (Phi) is 15.7. The Labute approximate surface area is 139 Å². The Morgan fingerprint density at radius 1 is 0.591 bits per heavy atom. The van der Waals surface area contributed by atoms with Crippen molar-refractivity contribution in [1.82, 2.24) is 0 Å². The minimum atomic E-state index is -3.24. The van der Waals surface area contributed by atoms with Gasteiger partial charge in [0.05, 0.1) is 12.4 Å². The van der Waals surface area contributed by atoms with Gasteiger partial charge in [-0.3, -0.25) is 4.18 Å². The van der Waals surface area contributed by atoms with Crippen LogP contribution in [0.1, 0.15) is 104 Å². The van der Waals surface area contributed by atoms with Gasteiger partial charge in [0.25, 0.3) is 10.1 Å². The van der Waals surface area contributed by atoms with Crippen molar-refractivity contribution in [2.45, 2.75) is 104 Å². The zero-order valence-electron chi connectivity index (χ0n) is 14.9. The van der Waals surface area contributed by atoms with Crippen molar-refractivity contribution in [1.29, 1.82) is 0 Å². The third-order valence-electron chi connectivity index (χ3n) is 4.11. The van der Waals surface area contributed by atoms with Crippen molar-refractivity contribution in [3.05, 3.63) is 0 Å². The summed E-state index contributed by atoms with van der Waals surface area (Å²) < 4.78 is 27.1. The summed E-state index contributed by atoms with van der Waals surface area (Å²) in [5.74, 6) is 0.0750. The average Bonchev–Trinajstić information content (AvgIpc) is 2.51. The van der Waals surface area contributed by atoms with Crippen molar-refractivity contribution in [3.63, 3.8) is 0 Å². The van der Waals surface area contributed by atoms with Crippen LogP contribution in [0, 0.1) is 0 Å². The fourth-order valence-electron chi connectivity index (χ4n) is 2.57. The molecule has 0 atom stereocenters. The number of hydrogen-bond donors (Lipinski definition) is 0. The molecule has 3 nitrogen and oxygen atoms in total. The highest BCUT2D eigenvalue weighted by Crippen LogP contribution is 2.13. The Morgan fingerprint density at radius 3 is 1.32 bits per heavy atom. The molecule has 0 aliphatic rings. The maximum Gasteiger partial charge on any atom is 0.267 e. The summed E-state index contributed by atoms with van der Waals surface area (Å²) in [6, 6.07) is 0. The SMILES string of the molecule is CCCCCCCCCCCCCCCCOS(=O)(=O)CC. The largest absolute Gasteiger partial charge is 0.270 e. The smallest absolute Gasteiger partial charge is 0.267 e. The highest BCUT2D eigenvalue weighted by molar-refractivity contribution is 7.86. The molecule has 134 valence electrons. The van der Waals surface area contributed by atoms with Gasteiger partial charge in [-0.2, -0.15) is 8.42 Å². The third-order valence-corrected chi connectivity index (χ3v) is 5.35. The van der Waals surface area contributed by atoms with E-state index in [1.165, 1.54) is 77.0 Å². The average molecular weight is 335 g/mol. The van der Waals surface area contributed by atoms with Crippen LogP contribution in [0.15, 0.2) is 0 Å². The van der Waals surface area contributed by atoms with Crippen LogP contribution in [0.4, 0.5) is 0 Å². The second-order valence-corrected chi connectivity index (χ2v) is 8.19. The predicted molar refractivity (Wildman–Crippen MR) is 95.7 cm³/mol. The summed E-state index contributed by atoms with van der Waals surface area (Å²) in [5.41, 5.74) is 0. The fraction of sp³-hybridized carbons (Fsp3) is 1.00. The van der Waals surface area contributed by atoms with Crippen LogP contribution >= 0.6 is 0 Å². The Morgan fingerprint density at radius 2 is 0.955 bits per heavy atom. The lowest BCUT2D eigenvalue weighted by Gasteiger charge is -2.04. The lowest BCUT2D eigenvalue weighted by atomic mass is 10.0. The fourth-order valence-corrected chi connectivity index (χ4v) is 3.10. The number of unbranched alkanes of at least 4 members (excludes halogenated alkanes) is 13. The van der Waals surface area contributed by atoms with Crippen LogP contribution in [0.25, 0.3) is 0 Å². The van der Waals surface area contributed by atoms with Crippen molar-refractivity contribution < 1.29 is 12.6 Å². The lowest BCUT2D eigenvalue weighted by molar-refractivity contribution is 0.307. The van der Waals surface area contributed by atoms with E-state index in [1.54, 1.807) is 6.92 Å². The van der Waals surface area contributed by atoms with Gasteiger partial charge in [0.2, 0.25) is 0 Å². The van der Waals surface area contributed by atoms with Gasteiger partial charge in [-0.15, -0.1) is 0 Å². The Bertz CT molecular complexity index is 312. The van der Waals surface area contributed by atoms with Gasteiger partial charge in [0.15, 0.2) is 0 Å². The van der Waals surface area contributed by atoms with Crippen LogP contribution in [0.5, 0.6) is 0 Å². The van der Waals surface area contributed by atoms with E-state index < -0.39 is 10.1 Å². The quantitative estimate of drug-likeness (QED) is 0.248. The monoisotopic (exact) mass is 334 g/mol. The number of hydrogen-bond acceptors (Lipinski definition) is 3. The van der Waals surface area contributed by atoms with E-state index in [0.717, 1.165) is 12.8 Å². The van der Waals surface area contributed by atoms with Crippen LogP contribution in [-0.4, -0.2) is 20.8 Å². The zero-order chi connectivity index (χ0) is 16.5. The van der Waals surface area contributed by atoms with Gasteiger partial charge in [-0.25, -0.2) is 0 Å². The summed E-state index contributed by atoms with van der Waals surface area (Å²) in [6.07, 6.45) is 18.3. The van der Waals surface area contributed by atoms with Gasteiger partial charge in [-0.1, -0.05) is 90.4 Å². The van der Waals surface area contributed by atoms with Crippen LogP contribution in [0.3, 0.4) is 0 Å². The molecule has 0 bridgehead atoms. The first kappa shape index (κ1) is 21.9. The molecule has 0 rings (SSSR count). The van der Waals surface area contributed by atoms with Gasteiger partial charge in [0.1, 0.15) is 0 Å². The topological polar surface area (TPSA) is 43.4 Å². The summed E-state index contributed by atoms with van der Waals surface area (Å²) in [5, 5.41) is 0. The predicted octanol–water partition coefficient (Wildman–Crippen LogP) is 5.83. The summed E-state index contributed by atoms with van der Waals surface area (Å²) in [4.78, 5) is 0. The van der Waals surface area contributed by atoms with Crippen LogP contribution in [0.2, 0.25) is 0 Å². The first-order valence-corrected chi connectivity index (χ1v) is 11.1. The number of rotatable bonds is 17. The van der Waals surface area contributed by atoms with E-state index in [1.807, 2.05) is 0 Å². The van der Waals surface area contributed by atoms with Crippen LogP contribution in [-0.2, 0) is 14.3 Å². The van der Waals surface area contributed by atoms with E-state index in [2.05, 4.69) is 6.92 Å². The summed E-state index contributed by atoms with van der Waals surface area (Å²) >= 11 is 0. The normalized spacial score (nSPS) is 11.9. The highest BCUT2D eigenvalue weighted by atomic mass is 32.2. The molecule has 0 aliphatic carbocycles. The molecule has 0 aliphatic heterocycles. The lowest BCUT2D eigenvalue weighted by Crippen LogP contribution is -2.09. The van der Waals surface area contributed by atoms with Crippen molar-refractivity contribution in [2.24, 2.45) is 0 Å². The molecular formula is C18H38O3S. The Hall–Kier alpha value is -0.0900. The minimum absolute atomic E-state index is 0.0750. The molecule has 0 heterocycles. The van der Waals surface area contributed by atoms with Crippen molar-refractivity contribution in [2.75, 3.05) is 12.4 Å². The molecule has 22 heavy (non-hydrogen) atoms. The van der Waals surface area contributed by atoms with Gasteiger partial charge < -0.3 is 0 Å². The van der Waals surface area contributed by atoms with E-state index in [9.17, 15) is 8.42 Å². The van der Waals surface area contributed by atoms with Gasteiger partial charge in [0, 0.05) is 0 Å². The molecule has 4 heteroatoms. The molecule has 0 aromatic rings. The van der Waals surface area contributed by atoms with E-state index in [4.69, 9.17) is 4.18 Å². The van der Waals surface area contributed by atoms with Crippen molar-refractivity contribution >= 4 is 10.1 Å². The molecule has 0 aromatic heterocycles. The maximum absolute atomic E-state index is 11.1. The molecular weight excluding hydrogens is 296 g/mol. The molecule has 0 N–H and O–H groups in total. The molecule has 0 aromatic carbocycles. The first-order valence-electron chi connectivity index (χ1n) is 9.49. The molecule has 0 fully saturated rings. The summed E-state index contributed by atoms with van der Waals surface area (Å²) in [7, 11) is -3.24. The summed E-state index contributed by atoms with van der Waals surface area (Å²) in [6.45, 7) is 4.23. The highest BCUT2D eigenvalue weighted by Gasteiger charge is 2.05. The van der Waals surface area contributed by atoms with Gasteiger partial charge >= 0.3 is 0 Å². The van der Waals surface area contributed by atoms with E-state index in [-0.39, 0.29) is 5.75 Å². The second-order valence-electron chi connectivity index (χ2n) is 6.26. The molecule has 0 saturated heterocycles. The molecule has 0 spiro atoms. The van der Waals surface area contributed by atoms with Gasteiger partial charge in [-0.05, 0) is 13.3 Å².